The summed E-state index contributed by atoms with van der Waals surface area (Å²) in [6, 6.07) is 0. The lowest BCUT2D eigenvalue weighted by Gasteiger charge is -2.11. The zero-order valence-electron chi connectivity index (χ0n) is 12.6. The molecule has 0 rings (SSSR count). The van der Waals surface area contributed by atoms with Crippen molar-refractivity contribution < 1.29 is 0 Å². The van der Waals surface area contributed by atoms with Gasteiger partial charge in [-0.2, -0.15) is 0 Å². The van der Waals surface area contributed by atoms with Gasteiger partial charge in [0, 0.05) is 0 Å². The molecule has 0 spiro atoms. The zero-order chi connectivity index (χ0) is 12.9. The van der Waals surface area contributed by atoms with Crippen LogP contribution in [0.2, 0.25) is 0 Å². The van der Waals surface area contributed by atoms with E-state index >= 15 is 0 Å². The van der Waals surface area contributed by atoms with Crippen molar-refractivity contribution in [3.63, 3.8) is 0 Å². The summed E-state index contributed by atoms with van der Waals surface area (Å²) in [5, 5.41) is 0. The molecule has 0 aromatic carbocycles. The van der Waals surface area contributed by atoms with E-state index in [1.165, 1.54) is 70.6 Å². The summed E-state index contributed by atoms with van der Waals surface area (Å²) >= 11 is 0. The van der Waals surface area contributed by atoms with E-state index in [1.54, 1.807) is 0 Å². The molecule has 0 nitrogen and oxygen atoms in total. The van der Waals surface area contributed by atoms with Crippen LogP contribution in [-0.2, 0) is 0 Å². The Bertz CT molecular complexity index is 137. The van der Waals surface area contributed by atoms with E-state index in [9.17, 15) is 0 Å². The average Bonchev–Trinajstić information content (AvgIpc) is 2.29. The van der Waals surface area contributed by atoms with Gasteiger partial charge in [-0.15, -0.1) is 0 Å². The van der Waals surface area contributed by atoms with Crippen LogP contribution in [0.25, 0.3) is 0 Å². The molecule has 103 valence electrons. The van der Waals surface area contributed by atoms with E-state index in [0.29, 0.717) is 5.92 Å². The van der Waals surface area contributed by atoms with Crippen molar-refractivity contribution in [1.82, 2.24) is 0 Å². The Morgan fingerprint density at radius 2 is 1.18 bits per heavy atom. The molecule has 0 aromatic rings. The van der Waals surface area contributed by atoms with E-state index in [4.69, 9.17) is 0 Å². The molecule has 0 saturated carbocycles. The fraction of sp³-hybridized carbons (Fsp3) is 0.941. The van der Waals surface area contributed by atoms with Crippen molar-refractivity contribution in [1.29, 1.82) is 0 Å². The third kappa shape index (κ3) is 13.9. The summed E-state index contributed by atoms with van der Waals surface area (Å²) in [4.78, 5) is 0. The van der Waals surface area contributed by atoms with Gasteiger partial charge in [0.05, 0.1) is 0 Å². The molecule has 0 bridgehead atoms. The molecule has 0 aromatic heterocycles. The molecule has 0 amide bonds. The predicted octanol–water partition coefficient (Wildman–Crippen LogP) is 6.40. The van der Waals surface area contributed by atoms with Crippen LogP contribution in [0.5, 0.6) is 0 Å². The maximum Gasteiger partial charge on any atom is -0.0443 e. The molecule has 0 fully saturated rings. The molecule has 0 aliphatic rings. The number of hydrogen-bond donors (Lipinski definition) is 0. The van der Waals surface area contributed by atoms with Crippen LogP contribution in [0.1, 0.15) is 91.4 Å². The fourth-order valence-corrected chi connectivity index (χ4v) is 2.40. The van der Waals surface area contributed by atoms with Gasteiger partial charge in [-0.05, 0) is 11.8 Å². The largest absolute Gasteiger partial charge is 0.0654 e. The van der Waals surface area contributed by atoms with Gasteiger partial charge in [-0.1, -0.05) is 98.3 Å². The van der Waals surface area contributed by atoms with Gasteiger partial charge < -0.3 is 0 Å². The lowest BCUT2D eigenvalue weighted by Crippen LogP contribution is -1.95. The minimum Gasteiger partial charge on any atom is -0.0654 e. The third-order valence-electron chi connectivity index (χ3n) is 3.69. The van der Waals surface area contributed by atoms with E-state index in [0.717, 1.165) is 5.92 Å². The second kappa shape index (κ2) is 12.5. The van der Waals surface area contributed by atoms with Gasteiger partial charge in [0.2, 0.25) is 0 Å². The second-order valence-electron chi connectivity index (χ2n) is 6.05. The lowest BCUT2D eigenvalue weighted by atomic mass is 9.96. The molecule has 1 radical (unpaired) electrons. The van der Waals surface area contributed by atoms with Crippen LogP contribution in [0.3, 0.4) is 0 Å². The number of hydrogen-bond acceptors (Lipinski definition) is 0. The van der Waals surface area contributed by atoms with E-state index in [2.05, 4.69) is 27.7 Å². The van der Waals surface area contributed by atoms with Gasteiger partial charge >= 0.3 is 0 Å². The molecule has 0 aliphatic carbocycles. The smallest absolute Gasteiger partial charge is 0.0443 e. The lowest BCUT2D eigenvalue weighted by molar-refractivity contribution is 0.431. The molecule has 2 atom stereocenters. The maximum atomic E-state index is 4.03. The van der Waals surface area contributed by atoms with Crippen molar-refractivity contribution in [2.75, 3.05) is 0 Å². The summed E-state index contributed by atoms with van der Waals surface area (Å²) in [5.41, 5.74) is 0. The first-order valence-corrected chi connectivity index (χ1v) is 7.99. The Balaban J connectivity index is 3.13. The third-order valence-corrected chi connectivity index (χ3v) is 3.69. The molecule has 0 heteroatoms. The highest BCUT2D eigenvalue weighted by Crippen LogP contribution is 2.18. The summed E-state index contributed by atoms with van der Waals surface area (Å²) < 4.78 is 0. The molecule has 17 heavy (non-hydrogen) atoms. The standard InChI is InChI=1S/C17H35/c1-5-6-7-11-14-17(4)15-12-9-8-10-13-16(2)3/h16-17H,2,5-15H2,1,3-4H3. The van der Waals surface area contributed by atoms with Gasteiger partial charge in [0.25, 0.3) is 0 Å². The van der Waals surface area contributed by atoms with Crippen molar-refractivity contribution in [3.05, 3.63) is 6.92 Å². The molecule has 2 unspecified atom stereocenters. The Morgan fingerprint density at radius 3 is 1.65 bits per heavy atom. The minimum atomic E-state index is 0.646. The summed E-state index contributed by atoms with van der Waals surface area (Å²) in [6.45, 7) is 11.0. The van der Waals surface area contributed by atoms with Crippen LogP contribution < -0.4 is 0 Å². The Kier molecular flexibility index (Phi) is 12.5. The van der Waals surface area contributed by atoms with Crippen LogP contribution in [0.15, 0.2) is 0 Å². The monoisotopic (exact) mass is 239 g/mol. The molecular weight excluding hydrogens is 204 g/mol. The normalized spacial score (nSPS) is 13.2. The van der Waals surface area contributed by atoms with E-state index < -0.39 is 0 Å². The highest BCUT2D eigenvalue weighted by molar-refractivity contribution is 4.57. The Labute approximate surface area is 111 Å². The van der Waals surface area contributed by atoms with Crippen LogP contribution in [0, 0.1) is 18.8 Å². The summed E-state index contributed by atoms with van der Waals surface area (Å²) in [6.07, 6.45) is 15.6. The minimum absolute atomic E-state index is 0.646. The van der Waals surface area contributed by atoms with Gasteiger partial charge in [-0.3, -0.25) is 0 Å². The van der Waals surface area contributed by atoms with Gasteiger partial charge in [0.15, 0.2) is 0 Å². The van der Waals surface area contributed by atoms with Crippen LogP contribution in [0.4, 0.5) is 0 Å². The van der Waals surface area contributed by atoms with Gasteiger partial charge in [0.1, 0.15) is 0 Å². The highest BCUT2D eigenvalue weighted by atomic mass is 14.1. The predicted molar refractivity (Wildman–Crippen MR) is 80.1 cm³/mol. The Morgan fingerprint density at radius 1 is 0.706 bits per heavy atom. The topological polar surface area (TPSA) is 0 Å². The molecule has 0 saturated heterocycles. The molecule has 0 heterocycles. The highest BCUT2D eigenvalue weighted by Gasteiger charge is 2.02. The van der Waals surface area contributed by atoms with Crippen molar-refractivity contribution >= 4 is 0 Å². The molecule has 0 N–H and O–H groups in total. The SMILES string of the molecule is [CH2]C(C)CCCCCCC(C)CCCCCC. The quantitative estimate of drug-likeness (QED) is 0.345. The van der Waals surface area contributed by atoms with Crippen molar-refractivity contribution in [2.45, 2.75) is 91.4 Å². The molecular formula is C17H35. The first-order valence-electron chi connectivity index (χ1n) is 7.99. The van der Waals surface area contributed by atoms with E-state index in [1.807, 2.05) is 0 Å². The zero-order valence-corrected chi connectivity index (χ0v) is 12.6. The molecule has 0 aliphatic heterocycles. The second-order valence-corrected chi connectivity index (χ2v) is 6.05. The number of rotatable bonds is 12. The van der Waals surface area contributed by atoms with Crippen molar-refractivity contribution in [2.24, 2.45) is 11.8 Å². The van der Waals surface area contributed by atoms with Crippen LogP contribution >= 0.6 is 0 Å². The van der Waals surface area contributed by atoms with E-state index in [-0.39, 0.29) is 0 Å². The number of unbranched alkanes of at least 4 members (excludes halogenated alkanes) is 6. The first kappa shape index (κ1) is 17.0. The van der Waals surface area contributed by atoms with Gasteiger partial charge in [-0.25, -0.2) is 0 Å². The average molecular weight is 239 g/mol. The summed E-state index contributed by atoms with van der Waals surface area (Å²) in [5.74, 6) is 1.60. The first-order chi connectivity index (χ1) is 8.16. The van der Waals surface area contributed by atoms with Crippen molar-refractivity contribution in [3.8, 4) is 0 Å². The maximum absolute atomic E-state index is 4.03. The summed E-state index contributed by atoms with van der Waals surface area (Å²) in [7, 11) is 0. The fourth-order valence-electron chi connectivity index (χ4n) is 2.40. The van der Waals surface area contributed by atoms with Crippen LogP contribution in [-0.4, -0.2) is 0 Å². The Hall–Kier alpha value is 0.